The molecular weight excluding hydrogens is 332 g/mol. The van der Waals surface area contributed by atoms with Crippen LogP contribution >= 0.6 is 0 Å². The van der Waals surface area contributed by atoms with Crippen LogP contribution in [0.3, 0.4) is 0 Å². The topological polar surface area (TPSA) is 78.9 Å². The Balaban J connectivity index is 1.47. The smallest absolute Gasteiger partial charge is 0.410 e. The Kier molecular flexibility index (Phi) is 4.61. The number of ether oxygens (including phenoxy) is 1. The number of hydrogen-bond donors (Lipinski definition) is 2. The lowest BCUT2D eigenvalue weighted by Gasteiger charge is -2.49. The van der Waals surface area contributed by atoms with Crippen LogP contribution in [-0.2, 0) is 16.1 Å². The fourth-order valence-corrected chi connectivity index (χ4v) is 5.16. The van der Waals surface area contributed by atoms with Crippen molar-refractivity contribution in [2.75, 3.05) is 19.6 Å². The van der Waals surface area contributed by atoms with E-state index in [4.69, 9.17) is 4.74 Å². The maximum absolute atomic E-state index is 12.6. The number of carboxylic acids is 1. The summed E-state index contributed by atoms with van der Waals surface area (Å²) in [4.78, 5) is 26.2. The molecule has 6 heteroatoms. The van der Waals surface area contributed by atoms with Crippen molar-refractivity contribution >= 4 is 12.1 Å². The lowest BCUT2D eigenvalue weighted by molar-refractivity contribution is -0.147. The Morgan fingerprint density at radius 2 is 2.08 bits per heavy atom. The molecule has 2 aliphatic heterocycles. The second-order valence-electron chi connectivity index (χ2n) is 7.98. The molecule has 1 saturated carbocycles. The summed E-state index contributed by atoms with van der Waals surface area (Å²) < 4.78 is 5.45. The summed E-state index contributed by atoms with van der Waals surface area (Å²) in [6, 6.07) is 9.73. The molecule has 4 rings (SSSR count). The summed E-state index contributed by atoms with van der Waals surface area (Å²) in [6.07, 6.45) is 3.72. The number of carboxylic acid groups (broad SMARTS) is 1. The Labute approximate surface area is 153 Å². The van der Waals surface area contributed by atoms with E-state index in [1.807, 2.05) is 30.3 Å². The number of nitrogens with zero attached hydrogens (tertiary/aromatic N) is 1. The number of fused-ring (bicyclic) bond motifs is 3. The van der Waals surface area contributed by atoms with Crippen molar-refractivity contribution in [2.24, 2.45) is 17.3 Å². The van der Waals surface area contributed by atoms with E-state index >= 15 is 0 Å². The quantitative estimate of drug-likeness (QED) is 0.868. The van der Waals surface area contributed by atoms with Gasteiger partial charge in [-0.05, 0) is 43.7 Å². The minimum atomic E-state index is -0.797. The molecule has 4 atom stereocenters. The molecule has 1 spiro atoms. The van der Waals surface area contributed by atoms with Gasteiger partial charge in [-0.25, -0.2) is 4.79 Å². The Morgan fingerprint density at radius 1 is 1.27 bits per heavy atom. The molecule has 2 N–H and O–H groups in total. The molecule has 140 valence electrons. The van der Waals surface area contributed by atoms with Gasteiger partial charge in [-0.2, -0.15) is 0 Å². The van der Waals surface area contributed by atoms with Crippen LogP contribution in [-0.4, -0.2) is 47.7 Å². The number of aliphatic carboxylic acids is 1. The molecule has 1 amide bonds. The molecule has 1 aromatic rings. The van der Waals surface area contributed by atoms with Crippen LogP contribution in [0.25, 0.3) is 0 Å². The first kappa shape index (κ1) is 17.3. The van der Waals surface area contributed by atoms with Gasteiger partial charge >= 0.3 is 12.1 Å². The number of rotatable bonds is 3. The van der Waals surface area contributed by atoms with Crippen LogP contribution in [0.1, 0.15) is 31.2 Å². The number of carbonyl (C=O) groups excluding carboxylic acids is 1. The van der Waals surface area contributed by atoms with Crippen molar-refractivity contribution in [1.82, 2.24) is 10.2 Å². The van der Waals surface area contributed by atoms with Gasteiger partial charge in [0, 0.05) is 24.5 Å². The van der Waals surface area contributed by atoms with Gasteiger partial charge in [-0.1, -0.05) is 30.3 Å². The number of piperidine rings is 1. The Hall–Kier alpha value is -2.08. The monoisotopic (exact) mass is 358 g/mol. The summed E-state index contributed by atoms with van der Waals surface area (Å²) in [5.41, 5.74) is 0.563. The average Bonchev–Trinajstić information content (AvgIpc) is 3.06. The maximum atomic E-state index is 12.6. The van der Waals surface area contributed by atoms with Crippen LogP contribution in [0.5, 0.6) is 0 Å². The van der Waals surface area contributed by atoms with Crippen molar-refractivity contribution in [1.29, 1.82) is 0 Å². The molecule has 3 fully saturated rings. The molecular formula is C20H26N2O4. The van der Waals surface area contributed by atoms with E-state index in [1.54, 1.807) is 4.90 Å². The second-order valence-corrected chi connectivity index (χ2v) is 7.98. The van der Waals surface area contributed by atoms with Crippen LogP contribution in [0.2, 0.25) is 0 Å². The second kappa shape index (κ2) is 6.91. The summed E-state index contributed by atoms with van der Waals surface area (Å²) in [5.74, 6) is -0.627. The maximum Gasteiger partial charge on any atom is 0.410 e. The normalized spacial score (nSPS) is 33.2. The average molecular weight is 358 g/mol. The first-order valence-electron chi connectivity index (χ1n) is 9.50. The number of benzene rings is 1. The van der Waals surface area contributed by atoms with Crippen molar-refractivity contribution in [3.8, 4) is 0 Å². The molecule has 2 heterocycles. The van der Waals surface area contributed by atoms with E-state index in [1.165, 1.54) is 6.42 Å². The van der Waals surface area contributed by atoms with Gasteiger partial charge in [0.1, 0.15) is 6.61 Å². The SMILES string of the molecule is O=C(O)C1CN(C(=O)OCc2ccccc2)CC12CCC1CCNC2C1. The van der Waals surface area contributed by atoms with E-state index in [0.717, 1.165) is 31.4 Å². The van der Waals surface area contributed by atoms with Gasteiger partial charge in [0.15, 0.2) is 0 Å². The summed E-state index contributed by atoms with van der Waals surface area (Å²) in [6.45, 7) is 1.88. The molecule has 3 aliphatic rings. The van der Waals surface area contributed by atoms with E-state index in [-0.39, 0.29) is 24.6 Å². The fourth-order valence-electron chi connectivity index (χ4n) is 5.16. The van der Waals surface area contributed by atoms with Crippen molar-refractivity contribution in [2.45, 2.75) is 38.3 Å². The van der Waals surface area contributed by atoms with E-state index < -0.39 is 18.0 Å². The van der Waals surface area contributed by atoms with E-state index in [2.05, 4.69) is 5.32 Å². The van der Waals surface area contributed by atoms with Gasteiger partial charge in [0.2, 0.25) is 0 Å². The van der Waals surface area contributed by atoms with Crippen LogP contribution in [0.15, 0.2) is 30.3 Å². The third-order valence-electron chi connectivity index (χ3n) is 6.57. The van der Waals surface area contributed by atoms with E-state index in [9.17, 15) is 14.7 Å². The standard InChI is InChI=1S/C20H26N2O4/c23-18(24)16-11-22(19(25)26-12-15-4-2-1-3-5-15)13-20(16)8-6-14-7-9-21-17(20)10-14/h1-5,14,16-17,21H,6-13H2,(H,23,24). The van der Waals surface area contributed by atoms with Gasteiger partial charge < -0.3 is 20.1 Å². The lowest BCUT2D eigenvalue weighted by atomic mass is 9.60. The zero-order valence-electron chi connectivity index (χ0n) is 14.9. The van der Waals surface area contributed by atoms with Crippen LogP contribution in [0.4, 0.5) is 4.79 Å². The van der Waals surface area contributed by atoms with Gasteiger partial charge in [0.05, 0.1) is 5.92 Å². The first-order valence-corrected chi connectivity index (χ1v) is 9.50. The number of amides is 1. The zero-order chi connectivity index (χ0) is 18.1. The van der Waals surface area contributed by atoms with Crippen LogP contribution in [0, 0.1) is 17.3 Å². The number of likely N-dealkylation sites (tertiary alicyclic amines) is 1. The molecule has 1 aliphatic carbocycles. The minimum absolute atomic E-state index is 0.183. The molecule has 0 aromatic heterocycles. The molecule has 1 aromatic carbocycles. The third-order valence-corrected chi connectivity index (χ3v) is 6.57. The highest BCUT2D eigenvalue weighted by Gasteiger charge is 2.58. The summed E-state index contributed by atoms with van der Waals surface area (Å²) >= 11 is 0. The van der Waals surface area contributed by atoms with Crippen molar-refractivity contribution in [3.63, 3.8) is 0 Å². The first-order chi connectivity index (χ1) is 12.6. The van der Waals surface area contributed by atoms with Crippen molar-refractivity contribution in [3.05, 3.63) is 35.9 Å². The van der Waals surface area contributed by atoms with Crippen molar-refractivity contribution < 1.29 is 19.4 Å². The highest BCUT2D eigenvalue weighted by atomic mass is 16.6. The predicted molar refractivity (Wildman–Crippen MR) is 95.5 cm³/mol. The molecule has 26 heavy (non-hydrogen) atoms. The Morgan fingerprint density at radius 3 is 2.85 bits per heavy atom. The predicted octanol–water partition coefficient (Wildman–Crippen LogP) is 2.49. The van der Waals surface area contributed by atoms with Gasteiger partial charge in [0.25, 0.3) is 0 Å². The fraction of sp³-hybridized carbons (Fsp3) is 0.600. The summed E-state index contributed by atoms with van der Waals surface area (Å²) in [7, 11) is 0. The number of hydrogen-bond acceptors (Lipinski definition) is 4. The largest absolute Gasteiger partial charge is 0.481 e. The van der Waals surface area contributed by atoms with Gasteiger partial charge in [-0.3, -0.25) is 4.79 Å². The third kappa shape index (κ3) is 3.07. The minimum Gasteiger partial charge on any atom is -0.481 e. The molecule has 0 radical (unpaired) electrons. The Bertz CT molecular complexity index is 680. The lowest BCUT2D eigenvalue weighted by Crippen LogP contribution is -2.58. The number of carbonyl (C=O) groups is 2. The highest BCUT2D eigenvalue weighted by molar-refractivity contribution is 5.75. The molecule has 2 bridgehead atoms. The van der Waals surface area contributed by atoms with Gasteiger partial charge in [-0.15, -0.1) is 0 Å². The number of nitrogens with one attached hydrogen (secondary N) is 1. The highest BCUT2D eigenvalue weighted by Crippen LogP contribution is 2.51. The molecule has 6 nitrogen and oxygen atoms in total. The van der Waals surface area contributed by atoms with Crippen LogP contribution < -0.4 is 5.32 Å². The molecule has 4 unspecified atom stereocenters. The molecule has 2 saturated heterocycles. The zero-order valence-corrected chi connectivity index (χ0v) is 14.9. The summed E-state index contributed by atoms with van der Waals surface area (Å²) in [5, 5.41) is 13.4. The van der Waals surface area contributed by atoms with E-state index in [0.29, 0.717) is 12.5 Å².